The highest BCUT2D eigenvalue weighted by molar-refractivity contribution is 7.89. The Labute approximate surface area is 115 Å². The second-order valence-corrected chi connectivity index (χ2v) is 5.87. The second kappa shape index (κ2) is 5.56. The number of rotatable bonds is 4. The third-order valence-corrected chi connectivity index (χ3v) is 4.08. The topological polar surface area (TPSA) is 72.2 Å². The summed E-state index contributed by atoms with van der Waals surface area (Å²) in [5.41, 5.74) is 5.91. The lowest BCUT2D eigenvalue weighted by atomic mass is 10.2. The van der Waals surface area contributed by atoms with Gasteiger partial charge < -0.3 is 5.73 Å². The van der Waals surface area contributed by atoms with E-state index in [1.807, 2.05) is 0 Å². The minimum atomic E-state index is -3.96. The highest BCUT2D eigenvalue weighted by Crippen LogP contribution is 2.19. The zero-order valence-corrected chi connectivity index (χ0v) is 11.1. The molecule has 0 saturated carbocycles. The number of sulfonamides is 1. The first-order chi connectivity index (χ1) is 9.38. The van der Waals surface area contributed by atoms with Crippen LogP contribution >= 0.6 is 0 Å². The zero-order valence-electron chi connectivity index (χ0n) is 10.3. The quantitative estimate of drug-likeness (QED) is 0.848. The molecular weight excluding hydrogens is 286 g/mol. The molecule has 3 N–H and O–H groups in total. The van der Waals surface area contributed by atoms with Crippen LogP contribution in [0.15, 0.2) is 47.4 Å². The Hall–Kier alpha value is -1.99. The molecule has 0 aliphatic rings. The number of hydrogen-bond acceptors (Lipinski definition) is 3. The molecule has 0 atom stereocenters. The Kier molecular flexibility index (Phi) is 4.01. The van der Waals surface area contributed by atoms with Crippen LogP contribution in [0.2, 0.25) is 0 Å². The third-order valence-electron chi connectivity index (χ3n) is 2.62. The molecule has 0 aliphatic carbocycles. The van der Waals surface area contributed by atoms with Crippen molar-refractivity contribution in [3.8, 4) is 0 Å². The molecule has 0 aliphatic heterocycles. The lowest BCUT2D eigenvalue weighted by Crippen LogP contribution is -2.24. The fourth-order valence-corrected chi connectivity index (χ4v) is 2.80. The van der Waals surface area contributed by atoms with Gasteiger partial charge in [-0.25, -0.2) is 21.9 Å². The molecule has 0 spiro atoms. The van der Waals surface area contributed by atoms with Crippen LogP contribution in [-0.2, 0) is 16.6 Å². The van der Waals surface area contributed by atoms with Crippen molar-refractivity contribution in [2.24, 2.45) is 0 Å². The maximum atomic E-state index is 13.1. The summed E-state index contributed by atoms with van der Waals surface area (Å²) in [7, 11) is -3.96. The van der Waals surface area contributed by atoms with E-state index >= 15 is 0 Å². The van der Waals surface area contributed by atoms with Crippen molar-refractivity contribution in [1.82, 2.24) is 4.72 Å². The lowest BCUT2D eigenvalue weighted by molar-refractivity contribution is 0.577. The summed E-state index contributed by atoms with van der Waals surface area (Å²) in [6.07, 6.45) is 0. The summed E-state index contributed by atoms with van der Waals surface area (Å²) in [6, 6.07) is 8.58. The van der Waals surface area contributed by atoms with E-state index in [1.165, 1.54) is 24.3 Å². The summed E-state index contributed by atoms with van der Waals surface area (Å²) in [4.78, 5) is -0.339. The van der Waals surface area contributed by atoms with Crippen molar-refractivity contribution in [2.45, 2.75) is 11.4 Å². The molecule has 0 heterocycles. The van der Waals surface area contributed by atoms with Crippen LogP contribution in [0.1, 0.15) is 5.56 Å². The molecule has 0 bridgehead atoms. The summed E-state index contributed by atoms with van der Waals surface area (Å²) in [5.74, 6) is -1.17. The SMILES string of the molecule is Nc1ccc(F)cc1S(=O)(=O)NCc1cccc(F)c1. The van der Waals surface area contributed by atoms with Crippen molar-refractivity contribution >= 4 is 15.7 Å². The maximum absolute atomic E-state index is 13.1. The van der Waals surface area contributed by atoms with E-state index in [0.717, 1.165) is 12.1 Å². The molecule has 0 saturated heterocycles. The zero-order chi connectivity index (χ0) is 14.8. The fourth-order valence-electron chi connectivity index (χ4n) is 1.64. The predicted octanol–water partition coefficient (Wildman–Crippen LogP) is 2.03. The number of nitrogen functional groups attached to an aromatic ring is 1. The van der Waals surface area contributed by atoms with Gasteiger partial charge in [0.05, 0.1) is 5.69 Å². The van der Waals surface area contributed by atoms with Gasteiger partial charge in [0.1, 0.15) is 16.5 Å². The molecule has 0 unspecified atom stereocenters. The van der Waals surface area contributed by atoms with Crippen LogP contribution in [0.3, 0.4) is 0 Å². The van der Waals surface area contributed by atoms with E-state index in [9.17, 15) is 17.2 Å². The molecular formula is C13H12F2N2O2S. The number of nitrogens with one attached hydrogen (secondary N) is 1. The van der Waals surface area contributed by atoms with Gasteiger partial charge in [-0.1, -0.05) is 12.1 Å². The van der Waals surface area contributed by atoms with E-state index in [4.69, 9.17) is 5.73 Å². The van der Waals surface area contributed by atoms with Crippen LogP contribution in [-0.4, -0.2) is 8.42 Å². The summed E-state index contributed by atoms with van der Waals surface area (Å²) in [6.45, 7) is -0.115. The van der Waals surface area contributed by atoms with Gasteiger partial charge in [-0.05, 0) is 35.9 Å². The Balaban J connectivity index is 2.21. The molecule has 0 radical (unpaired) electrons. The average Bonchev–Trinajstić information content (AvgIpc) is 2.39. The second-order valence-electron chi connectivity index (χ2n) is 4.14. The first-order valence-electron chi connectivity index (χ1n) is 5.67. The molecule has 2 aromatic rings. The summed E-state index contributed by atoms with van der Waals surface area (Å²) >= 11 is 0. The van der Waals surface area contributed by atoms with Crippen molar-refractivity contribution in [1.29, 1.82) is 0 Å². The monoisotopic (exact) mass is 298 g/mol. The van der Waals surface area contributed by atoms with E-state index in [1.54, 1.807) is 6.07 Å². The number of halogens is 2. The van der Waals surface area contributed by atoms with Gasteiger partial charge in [-0.3, -0.25) is 0 Å². The molecule has 7 heteroatoms. The van der Waals surface area contributed by atoms with Gasteiger partial charge in [0.15, 0.2) is 0 Å². The molecule has 2 aromatic carbocycles. The summed E-state index contributed by atoms with van der Waals surface area (Å²) < 4.78 is 52.3. The van der Waals surface area contributed by atoms with E-state index in [0.29, 0.717) is 5.56 Å². The van der Waals surface area contributed by atoms with E-state index in [2.05, 4.69) is 4.72 Å². The van der Waals surface area contributed by atoms with Crippen LogP contribution in [0, 0.1) is 11.6 Å². The van der Waals surface area contributed by atoms with Gasteiger partial charge in [0.25, 0.3) is 0 Å². The minimum absolute atomic E-state index is 0.0573. The lowest BCUT2D eigenvalue weighted by Gasteiger charge is -2.09. The highest BCUT2D eigenvalue weighted by Gasteiger charge is 2.18. The number of anilines is 1. The fraction of sp³-hybridized carbons (Fsp3) is 0.0769. The number of benzene rings is 2. The molecule has 2 rings (SSSR count). The first-order valence-corrected chi connectivity index (χ1v) is 7.16. The molecule has 4 nitrogen and oxygen atoms in total. The van der Waals surface area contributed by atoms with Gasteiger partial charge in [-0.2, -0.15) is 0 Å². The van der Waals surface area contributed by atoms with Crippen LogP contribution < -0.4 is 10.5 Å². The number of hydrogen-bond donors (Lipinski definition) is 2. The molecule has 106 valence electrons. The van der Waals surface area contributed by atoms with Gasteiger partial charge in [0.2, 0.25) is 10.0 Å². The first kappa shape index (κ1) is 14.4. The normalized spacial score (nSPS) is 11.5. The average molecular weight is 298 g/mol. The Morgan fingerprint density at radius 1 is 1.05 bits per heavy atom. The van der Waals surface area contributed by atoms with Gasteiger partial charge in [-0.15, -0.1) is 0 Å². The van der Waals surface area contributed by atoms with Crippen molar-refractivity contribution in [2.75, 3.05) is 5.73 Å². The Morgan fingerprint density at radius 2 is 1.75 bits per heavy atom. The van der Waals surface area contributed by atoms with Gasteiger partial charge in [0, 0.05) is 6.54 Å². The Morgan fingerprint density at radius 3 is 2.45 bits per heavy atom. The van der Waals surface area contributed by atoms with Crippen molar-refractivity contribution < 1.29 is 17.2 Å². The van der Waals surface area contributed by atoms with Crippen LogP contribution in [0.4, 0.5) is 14.5 Å². The maximum Gasteiger partial charge on any atom is 0.243 e. The predicted molar refractivity (Wildman–Crippen MR) is 71.2 cm³/mol. The molecule has 20 heavy (non-hydrogen) atoms. The van der Waals surface area contributed by atoms with Crippen molar-refractivity contribution in [3.05, 3.63) is 59.7 Å². The largest absolute Gasteiger partial charge is 0.398 e. The number of nitrogens with two attached hydrogens (primary N) is 1. The van der Waals surface area contributed by atoms with Crippen LogP contribution in [0.5, 0.6) is 0 Å². The standard InChI is InChI=1S/C13H12F2N2O2S/c14-10-3-1-2-9(6-10)8-17-20(18,19)13-7-11(15)4-5-12(13)16/h1-7,17H,8,16H2. The highest BCUT2D eigenvalue weighted by atomic mass is 32.2. The molecule has 0 aromatic heterocycles. The molecule has 0 fully saturated rings. The van der Waals surface area contributed by atoms with Gasteiger partial charge >= 0.3 is 0 Å². The minimum Gasteiger partial charge on any atom is -0.398 e. The summed E-state index contributed by atoms with van der Waals surface area (Å²) in [5, 5.41) is 0. The molecule has 0 amide bonds. The van der Waals surface area contributed by atoms with E-state index < -0.39 is 21.7 Å². The van der Waals surface area contributed by atoms with E-state index in [-0.39, 0.29) is 17.1 Å². The van der Waals surface area contributed by atoms with Crippen LogP contribution in [0.25, 0.3) is 0 Å². The smallest absolute Gasteiger partial charge is 0.243 e. The van der Waals surface area contributed by atoms with Crippen molar-refractivity contribution in [3.63, 3.8) is 0 Å². The third kappa shape index (κ3) is 3.31. The Bertz CT molecular complexity index is 733.